The molecule has 0 radical (unpaired) electrons. The maximum Gasteiger partial charge on any atom is 0.407 e. The van der Waals surface area contributed by atoms with Gasteiger partial charge in [0.25, 0.3) is 0 Å². The number of aliphatic carboxylic acids is 1. The molecule has 33 heavy (non-hydrogen) atoms. The van der Waals surface area contributed by atoms with Crippen molar-refractivity contribution in [3.05, 3.63) is 59.7 Å². The van der Waals surface area contributed by atoms with E-state index in [2.05, 4.69) is 29.6 Å². The first kappa shape index (κ1) is 22.0. The lowest BCUT2D eigenvalue weighted by Crippen LogP contribution is -2.48. The fraction of sp³-hybridized carbons (Fsp3) is 0.481. The summed E-state index contributed by atoms with van der Waals surface area (Å²) in [6.07, 6.45) is 2.84. The number of amides is 1. The van der Waals surface area contributed by atoms with Crippen LogP contribution in [0.25, 0.3) is 11.1 Å². The Morgan fingerprint density at radius 3 is 2.24 bits per heavy atom. The second kappa shape index (κ2) is 8.49. The van der Waals surface area contributed by atoms with Crippen molar-refractivity contribution in [3.63, 3.8) is 0 Å². The Kier molecular flexibility index (Phi) is 5.65. The molecule has 6 nitrogen and oxygen atoms in total. The summed E-state index contributed by atoms with van der Waals surface area (Å²) in [7, 11) is 0. The van der Waals surface area contributed by atoms with Gasteiger partial charge < -0.3 is 19.9 Å². The highest BCUT2D eigenvalue weighted by Crippen LogP contribution is 2.56. The molecule has 1 heterocycles. The van der Waals surface area contributed by atoms with E-state index in [1.54, 1.807) is 0 Å². The molecule has 0 bridgehead atoms. The van der Waals surface area contributed by atoms with Crippen molar-refractivity contribution in [2.75, 3.05) is 19.8 Å². The highest BCUT2D eigenvalue weighted by atomic mass is 16.5. The summed E-state index contributed by atoms with van der Waals surface area (Å²) in [5, 5.41) is 13.1. The average Bonchev–Trinajstić information content (AvgIpc) is 3.31. The molecule has 174 valence electrons. The summed E-state index contributed by atoms with van der Waals surface area (Å²) in [5.74, 6) is -0.860. The molecule has 2 N–H and O–H groups in total. The van der Waals surface area contributed by atoms with Gasteiger partial charge in [0.1, 0.15) is 6.61 Å². The minimum absolute atomic E-state index is 0.0241. The van der Waals surface area contributed by atoms with E-state index >= 15 is 0 Å². The van der Waals surface area contributed by atoms with Gasteiger partial charge in [0.2, 0.25) is 0 Å². The molecule has 5 rings (SSSR count). The number of carbonyl (C=O) groups excluding carboxylic acids is 1. The van der Waals surface area contributed by atoms with Crippen LogP contribution in [0.2, 0.25) is 0 Å². The Morgan fingerprint density at radius 1 is 1.06 bits per heavy atom. The van der Waals surface area contributed by atoms with Gasteiger partial charge in [-0.1, -0.05) is 55.5 Å². The number of rotatable bonds is 5. The second-order valence-electron chi connectivity index (χ2n) is 9.83. The second-order valence-corrected chi connectivity index (χ2v) is 9.83. The number of carboxylic acids is 1. The van der Waals surface area contributed by atoms with E-state index in [1.165, 1.54) is 11.1 Å². The summed E-state index contributed by atoms with van der Waals surface area (Å²) < 4.78 is 11.3. The highest BCUT2D eigenvalue weighted by Gasteiger charge is 2.58. The standard InChI is InChI=1S/C27H31NO5/c1-2-27(24(29)30)17-26(11-13-32-14-12-26)15-23(27)28-25(31)33-16-22-20-9-5-3-7-18(20)19-8-4-6-10-21(19)22/h3-10,22-23H,2,11-17H2,1H3,(H,28,31)(H,29,30). The van der Waals surface area contributed by atoms with Crippen LogP contribution < -0.4 is 5.32 Å². The minimum atomic E-state index is -0.969. The summed E-state index contributed by atoms with van der Waals surface area (Å²) in [4.78, 5) is 25.3. The Morgan fingerprint density at radius 2 is 1.67 bits per heavy atom. The third-order valence-electron chi connectivity index (χ3n) is 8.24. The molecule has 1 amide bonds. The van der Waals surface area contributed by atoms with E-state index in [1.807, 2.05) is 31.2 Å². The number of carbonyl (C=O) groups is 2. The van der Waals surface area contributed by atoms with Crippen molar-refractivity contribution >= 4 is 12.1 Å². The zero-order valence-corrected chi connectivity index (χ0v) is 19.0. The molecule has 2 aromatic carbocycles. The van der Waals surface area contributed by atoms with E-state index in [-0.39, 0.29) is 17.9 Å². The number of nitrogens with one attached hydrogen (secondary N) is 1. The third kappa shape index (κ3) is 3.70. The van der Waals surface area contributed by atoms with Gasteiger partial charge >= 0.3 is 12.1 Å². The molecule has 1 saturated carbocycles. The van der Waals surface area contributed by atoms with E-state index in [4.69, 9.17) is 9.47 Å². The van der Waals surface area contributed by atoms with Crippen LogP contribution in [-0.2, 0) is 14.3 Å². The first-order valence-electron chi connectivity index (χ1n) is 11.9. The lowest BCUT2D eigenvalue weighted by atomic mass is 9.73. The van der Waals surface area contributed by atoms with E-state index < -0.39 is 23.5 Å². The topological polar surface area (TPSA) is 84.9 Å². The number of carboxylic acid groups (broad SMARTS) is 1. The Balaban J connectivity index is 1.31. The molecule has 2 aromatic rings. The van der Waals surface area contributed by atoms with Crippen LogP contribution in [0.3, 0.4) is 0 Å². The van der Waals surface area contributed by atoms with E-state index in [9.17, 15) is 14.7 Å². The van der Waals surface area contributed by atoms with Gasteiger partial charge in [-0.15, -0.1) is 0 Å². The normalized spacial score (nSPS) is 25.4. The summed E-state index contributed by atoms with van der Waals surface area (Å²) in [5.41, 5.74) is 3.60. The third-order valence-corrected chi connectivity index (χ3v) is 8.24. The molecular weight excluding hydrogens is 418 g/mol. The number of benzene rings is 2. The molecule has 1 spiro atoms. The van der Waals surface area contributed by atoms with Crippen LogP contribution in [-0.4, -0.2) is 43.0 Å². The molecule has 6 heteroatoms. The zero-order valence-electron chi connectivity index (χ0n) is 19.0. The molecule has 2 fully saturated rings. The number of ether oxygens (including phenoxy) is 2. The van der Waals surface area contributed by atoms with E-state index in [0.717, 1.165) is 24.0 Å². The van der Waals surface area contributed by atoms with Gasteiger partial charge in [-0.05, 0) is 59.8 Å². The molecule has 2 aliphatic carbocycles. The first-order valence-corrected chi connectivity index (χ1v) is 11.9. The predicted octanol–water partition coefficient (Wildman–Crippen LogP) is 4.97. The predicted molar refractivity (Wildman–Crippen MR) is 124 cm³/mol. The van der Waals surface area contributed by atoms with Gasteiger partial charge in [-0.25, -0.2) is 4.79 Å². The number of alkyl carbamates (subject to hydrolysis) is 1. The molecule has 2 atom stereocenters. The van der Waals surface area contributed by atoms with Crippen molar-refractivity contribution in [1.82, 2.24) is 5.32 Å². The Bertz CT molecular complexity index is 1010. The zero-order chi connectivity index (χ0) is 23.1. The Hall–Kier alpha value is -2.86. The van der Waals surface area contributed by atoms with Gasteiger partial charge in [0, 0.05) is 25.2 Å². The lowest BCUT2D eigenvalue weighted by molar-refractivity contribution is -0.150. The maximum absolute atomic E-state index is 12.9. The number of hydrogen-bond donors (Lipinski definition) is 2. The van der Waals surface area contributed by atoms with Crippen molar-refractivity contribution < 1.29 is 24.2 Å². The molecular formula is C27H31NO5. The van der Waals surface area contributed by atoms with Crippen LogP contribution in [0.1, 0.15) is 56.1 Å². The van der Waals surface area contributed by atoms with Crippen LogP contribution >= 0.6 is 0 Å². The molecule has 3 aliphatic rings. The van der Waals surface area contributed by atoms with Crippen LogP contribution in [0.4, 0.5) is 4.79 Å². The summed E-state index contributed by atoms with van der Waals surface area (Å²) in [6, 6.07) is 16.0. The van der Waals surface area contributed by atoms with E-state index in [0.29, 0.717) is 32.5 Å². The molecule has 2 unspecified atom stereocenters. The van der Waals surface area contributed by atoms with Crippen molar-refractivity contribution in [2.24, 2.45) is 10.8 Å². The van der Waals surface area contributed by atoms with Gasteiger partial charge in [0.15, 0.2) is 0 Å². The monoisotopic (exact) mass is 449 g/mol. The largest absolute Gasteiger partial charge is 0.481 e. The number of fused-ring (bicyclic) bond motifs is 3. The van der Waals surface area contributed by atoms with Crippen molar-refractivity contribution in [1.29, 1.82) is 0 Å². The smallest absolute Gasteiger partial charge is 0.407 e. The summed E-state index contributed by atoms with van der Waals surface area (Å²) >= 11 is 0. The average molecular weight is 450 g/mol. The molecule has 1 saturated heterocycles. The van der Waals surface area contributed by atoms with Crippen LogP contribution in [0.5, 0.6) is 0 Å². The lowest BCUT2D eigenvalue weighted by Gasteiger charge is -2.34. The minimum Gasteiger partial charge on any atom is -0.481 e. The van der Waals surface area contributed by atoms with Gasteiger partial charge in [-0.3, -0.25) is 4.79 Å². The quantitative estimate of drug-likeness (QED) is 0.674. The maximum atomic E-state index is 12.9. The van der Waals surface area contributed by atoms with Gasteiger partial charge in [-0.2, -0.15) is 0 Å². The molecule has 0 aromatic heterocycles. The fourth-order valence-electron chi connectivity index (χ4n) is 6.40. The van der Waals surface area contributed by atoms with Crippen molar-refractivity contribution in [2.45, 2.75) is 51.0 Å². The fourth-order valence-corrected chi connectivity index (χ4v) is 6.40. The van der Waals surface area contributed by atoms with Crippen LogP contribution in [0.15, 0.2) is 48.5 Å². The van der Waals surface area contributed by atoms with Crippen LogP contribution in [0, 0.1) is 10.8 Å². The summed E-state index contributed by atoms with van der Waals surface area (Å²) in [6.45, 7) is 3.42. The molecule has 1 aliphatic heterocycles. The van der Waals surface area contributed by atoms with Gasteiger partial charge in [0.05, 0.1) is 5.41 Å². The highest BCUT2D eigenvalue weighted by molar-refractivity contribution is 5.80. The Labute approximate surface area is 194 Å². The first-order chi connectivity index (χ1) is 16.0. The number of hydrogen-bond acceptors (Lipinski definition) is 4. The van der Waals surface area contributed by atoms with Crippen molar-refractivity contribution in [3.8, 4) is 11.1 Å². The SMILES string of the molecule is CCC1(C(=O)O)CC2(CCOCC2)CC1NC(=O)OCC1c2ccccc2-c2ccccc21.